The molecule has 1 N–H and O–H groups in total. The second kappa shape index (κ2) is 7.17. The van der Waals surface area contributed by atoms with Crippen LogP contribution in [0.5, 0.6) is 0 Å². The summed E-state index contributed by atoms with van der Waals surface area (Å²) in [6.07, 6.45) is 2.35. The van der Waals surface area contributed by atoms with Gasteiger partial charge in [-0.25, -0.2) is 0 Å². The Morgan fingerprint density at radius 1 is 1.14 bits per heavy atom. The molecule has 1 heterocycles. The van der Waals surface area contributed by atoms with Crippen molar-refractivity contribution in [3.05, 3.63) is 0 Å². The molecule has 0 aromatic heterocycles. The number of piperidine rings is 1. The van der Waals surface area contributed by atoms with Gasteiger partial charge >= 0.3 is 0 Å². The third-order valence-electron chi connectivity index (χ3n) is 2.20. The van der Waals surface area contributed by atoms with Crippen molar-refractivity contribution in [3.8, 4) is 0 Å². The first-order valence-electron chi connectivity index (χ1n) is 5.46. The second-order valence-electron chi connectivity index (χ2n) is 3.28. The van der Waals surface area contributed by atoms with Crippen molar-refractivity contribution < 1.29 is 14.2 Å². The van der Waals surface area contributed by atoms with E-state index in [2.05, 4.69) is 5.32 Å². The Bertz CT molecular complexity index is 131. The highest BCUT2D eigenvalue weighted by atomic mass is 16.8. The summed E-state index contributed by atoms with van der Waals surface area (Å²) in [4.78, 5) is 0. The van der Waals surface area contributed by atoms with E-state index in [1.54, 1.807) is 0 Å². The normalized spacial score (nSPS) is 19.1. The topological polar surface area (TPSA) is 39.7 Å². The van der Waals surface area contributed by atoms with Crippen molar-refractivity contribution in [2.75, 3.05) is 26.3 Å². The molecule has 0 radical (unpaired) electrons. The molecule has 1 rings (SSSR count). The minimum absolute atomic E-state index is 0.277. The zero-order valence-electron chi connectivity index (χ0n) is 9.12. The van der Waals surface area contributed by atoms with E-state index in [-0.39, 0.29) is 6.10 Å². The molecule has 14 heavy (non-hydrogen) atoms. The minimum atomic E-state index is -0.479. The summed E-state index contributed by atoms with van der Waals surface area (Å²) in [5.41, 5.74) is 0. The van der Waals surface area contributed by atoms with Crippen molar-refractivity contribution in [1.29, 1.82) is 0 Å². The van der Waals surface area contributed by atoms with Crippen molar-refractivity contribution in [3.63, 3.8) is 0 Å². The minimum Gasteiger partial charge on any atom is -0.330 e. The summed E-state index contributed by atoms with van der Waals surface area (Å²) in [5.74, 6) is 0. The molecular formula is C10H21NO3. The van der Waals surface area contributed by atoms with Gasteiger partial charge in [0, 0.05) is 13.2 Å². The molecule has 4 heteroatoms. The predicted molar refractivity (Wildman–Crippen MR) is 54.0 cm³/mol. The molecule has 4 nitrogen and oxygen atoms in total. The largest absolute Gasteiger partial charge is 0.330 e. The average Bonchev–Trinajstić information content (AvgIpc) is 2.20. The van der Waals surface area contributed by atoms with Crippen LogP contribution in [0, 0.1) is 0 Å². The van der Waals surface area contributed by atoms with Crippen LogP contribution in [0.2, 0.25) is 0 Å². The first kappa shape index (κ1) is 11.9. The predicted octanol–water partition coefficient (Wildman–Crippen LogP) is 1.11. The second-order valence-corrected chi connectivity index (χ2v) is 3.28. The molecule has 1 saturated heterocycles. The van der Waals surface area contributed by atoms with Gasteiger partial charge in [0.2, 0.25) is 0 Å². The van der Waals surface area contributed by atoms with Gasteiger partial charge < -0.3 is 19.5 Å². The van der Waals surface area contributed by atoms with E-state index in [9.17, 15) is 0 Å². The number of hydrogen-bond donors (Lipinski definition) is 1. The highest BCUT2D eigenvalue weighted by Crippen LogP contribution is 2.11. The van der Waals surface area contributed by atoms with E-state index in [1.165, 1.54) is 0 Å². The Morgan fingerprint density at radius 2 is 1.71 bits per heavy atom. The zero-order chi connectivity index (χ0) is 10.2. The molecular weight excluding hydrogens is 182 g/mol. The monoisotopic (exact) mass is 203 g/mol. The van der Waals surface area contributed by atoms with Gasteiger partial charge in [0.1, 0.15) is 0 Å². The fraction of sp³-hybridized carbons (Fsp3) is 1.00. The highest BCUT2D eigenvalue weighted by Gasteiger charge is 2.19. The third-order valence-corrected chi connectivity index (χ3v) is 2.20. The molecule has 84 valence electrons. The molecule has 1 fully saturated rings. The molecule has 0 saturated carbocycles. The summed E-state index contributed by atoms with van der Waals surface area (Å²) in [6.45, 7) is 6.69. The third kappa shape index (κ3) is 4.37. The number of nitrogens with one attached hydrogen (secondary N) is 1. The van der Waals surface area contributed by atoms with Crippen LogP contribution in [0.4, 0.5) is 0 Å². The lowest BCUT2D eigenvalue weighted by atomic mass is 10.1. The molecule has 0 aliphatic carbocycles. The molecule has 0 bridgehead atoms. The van der Waals surface area contributed by atoms with Crippen LogP contribution in [0.1, 0.15) is 26.7 Å². The molecule has 0 aromatic rings. The van der Waals surface area contributed by atoms with Gasteiger partial charge in [-0.15, -0.1) is 0 Å². The van der Waals surface area contributed by atoms with E-state index in [4.69, 9.17) is 14.2 Å². The fourth-order valence-corrected chi connectivity index (χ4v) is 1.49. The van der Waals surface area contributed by atoms with Gasteiger partial charge in [-0.1, -0.05) is 0 Å². The molecule has 1 aliphatic rings. The maximum atomic E-state index is 5.69. The van der Waals surface area contributed by atoms with Gasteiger partial charge in [-0.05, 0) is 39.8 Å². The molecule has 0 aromatic carbocycles. The van der Waals surface area contributed by atoms with Crippen LogP contribution in [0.25, 0.3) is 0 Å². The Balaban J connectivity index is 2.21. The summed E-state index contributed by atoms with van der Waals surface area (Å²) < 4.78 is 16.3. The van der Waals surface area contributed by atoms with Gasteiger partial charge in [-0.2, -0.15) is 0 Å². The van der Waals surface area contributed by atoms with Crippen LogP contribution >= 0.6 is 0 Å². The number of ether oxygens (including phenoxy) is 3. The number of hydrogen-bond acceptors (Lipinski definition) is 4. The maximum Gasteiger partial charge on any atom is 0.271 e. The van der Waals surface area contributed by atoms with Gasteiger partial charge in [-0.3, -0.25) is 0 Å². The molecule has 0 atom stereocenters. The molecule has 0 amide bonds. The van der Waals surface area contributed by atoms with Gasteiger partial charge in [0.25, 0.3) is 6.48 Å². The molecule has 0 unspecified atom stereocenters. The fourth-order valence-electron chi connectivity index (χ4n) is 1.49. The molecule has 1 aliphatic heterocycles. The van der Waals surface area contributed by atoms with Crippen molar-refractivity contribution in [1.82, 2.24) is 5.32 Å². The quantitative estimate of drug-likeness (QED) is 0.656. The smallest absolute Gasteiger partial charge is 0.271 e. The Kier molecular flexibility index (Phi) is 6.10. The summed E-state index contributed by atoms with van der Waals surface area (Å²) in [7, 11) is 0. The Morgan fingerprint density at radius 3 is 2.21 bits per heavy atom. The number of rotatable bonds is 6. The summed E-state index contributed by atoms with van der Waals surface area (Å²) in [5, 5.41) is 3.29. The van der Waals surface area contributed by atoms with Crippen LogP contribution in [0.3, 0.4) is 0 Å². The van der Waals surface area contributed by atoms with Gasteiger partial charge in [0.05, 0.1) is 6.10 Å². The lowest BCUT2D eigenvalue weighted by Gasteiger charge is -2.27. The van der Waals surface area contributed by atoms with Crippen LogP contribution in [-0.2, 0) is 14.2 Å². The Labute approximate surface area is 85.9 Å². The van der Waals surface area contributed by atoms with Crippen molar-refractivity contribution in [2.45, 2.75) is 39.3 Å². The van der Waals surface area contributed by atoms with Crippen molar-refractivity contribution >= 4 is 0 Å². The van der Waals surface area contributed by atoms with Crippen LogP contribution in [0.15, 0.2) is 0 Å². The molecule has 0 spiro atoms. The van der Waals surface area contributed by atoms with E-state index < -0.39 is 6.48 Å². The van der Waals surface area contributed by atoms with Crippen molar-refractivity contribution in [2.24, 2.45) is 0 Å². The summed E-state index contributed by atoms with van der Waals surface area (Å²) in [6, 6.07) is 0. The first-order valence-corrected chi connectivity index (χ1v) is 5.46. The lowest BCUT2D eigenvalue weighted by Crippen LogP contribution is -2.36. The maximum absolute atomic E-state index is 5.69. The standard InChI is InChI=1S/C10H21NO3/c1-3-12-10(13-4-2)14-9-5-7-11-8-6-9/h9-11H,3-8H2,1-2H3. The van der Waals surface area contributed by atoms with E-state index in [0.29, 0.717) is 13.2 Å². The summed E-state index contributed by atoms with van der Waals surface area (Å²) >= 11 is 0. The van der Waals surface area contributed by atoms with Crippen LogP contribution in [-0.4, -0.2) is 38.9 Å². The first-order chi connectivity index (χ1) is 6.86. The highest BCUT2D eigenvalue weighted by molar-refractivity contribution is 4.67. The average molecular weight is 203 g/mol. The van der Waals surface area contributed by atoms with E-state index >= 15 is 0 Å². The Hall–Kier alpha value is -0.160. The van der Waals surface area contributed by atoms with Crippen LogP contribution < -0.4 is 5.32 Å². The zero-order valence-corrected chi connectivity index (χ0v) is 9.12. The lowest BCUT2D eigenvalue weighted by molar-refractivity contribution is -0.303. The van der Waals surface area contributed by atoms with E-state index in [1.807, 2.05) is 13.8 Å². The SMILES string of the molecule is CCOC(OCC)OC1CCNCC1. The van der Waals surface area contributed by atoms with Gasteiger partial charge in [0.15, 0.2) is 0 Å². The van der Waals surface area contributed by atoms with E-state index in [0.717, 1.165) is 25.9 Å².